The molecule has 0 unspecified atom stereocenters. The number of rotatable bonds is 5. The van der Waals surface area contributed by atoms with Gasteiger partial charge in [0, 0.05) is 18.7 Å². The molecule has 0 saturated carbocycles. The molecule has 1 amide bonds. The second-order valence-corrected chi connectivity index (χ2v) is 8.25. The van der Waals surface area contributed by atoms with Crippen LogP contribution in [0.2, 0.25) is 0 Å². The Morgan fingerprint density at radius 3 is 2.39 bits per heavy atom. The van der Waals surface area contributed by atoms with Gasteiger partial charge >= 0.3 is 0 Å². The van der Waals surface area contributed by atoms with E-state index in [1.165, 1.54) is 11.8 Å². The molecule has 0 aliphatic carbocycles. The van der Waals surface area contributed by atoms with Crippen LogP contribution in [-0.2, 0) is 4.79 Å². The van der Waals surface area contributed by atoms with E-state index in [4.69, 9.17) is 4.42 Å². The summed E-state index contributed by atoms with van der Waals surface area (Å²) in [6.07, 6.45) is 2.13. The SMILES string of the molecule is Cc1cc(C)cc(-c2nnc(S[C@@H](C(=O)N3CCCC3)c3ccccc3)o2)c1. The van der Waals surface area contributed by atoms with Gasteiger partial charge in [0.1, 0.15) is 5.25 Å². The zero-order valence-corrected chi connectivity index (χ0v) is 16.9. The number of nitrogens with zero attached hydrogens (tertiary/aromatic N) is 3. The number of likely N-dealkylation sites (tertiary alicyclic amines) is 1. The van der Waals surface area contributed by atoms with Crippen molar-refractivity contribution in [2.75, 3.05) is 13.1 Å². The highest BCUT2D eigenvalue weighted by Gasteiger charge is 2.30. The van der Waals surface area contributed by atoms with Gasteiger partial charge in [0.05, 0.1) is 0 Å². The van der Waals surface area contributed by atoms with E-state index in [2.05, 4.69) is 16.3 Å². The Balaban J connectivity index is 1.60. The second-order valence-electron chi connectivity index (χ2n) is 7.19. The van der Waals surface area contributed by atoms with Crippen LogP contribution in [0, 0.1) is 13.8 Å². The standard InChI is InChI=1S/C22H23N3O2S/c1-15-12-16(2)14-18(13-15)20-23-24-22(27-20)28-19(17-8-4-3-5-9-17)21(26)25-10-6-7-11-25/h3-5,8-9,12-14,19H,6-7,10-11H2,1-2H3/t19-/m1/s1. The number of hydrogen-bond acceptors (Lipinski definition) is 5. The van der Waals surface area contributed by atoms with Gasteiger partial charge in [-0.15, -0.1) is 10.2 Å². The Bertz CT molecular complexity index is 945. The van der Waals surface area contributed by atoms with E-state index >= 15 is 0 Å². The van der Waals surface area contributed by atoms with Gasteiger partial charge in [-0.25, -0.2) is 0 Å². The van der Waals surface area contributed by atoms with Crippen molar-refractivity contribution in [3.05, 3.63) is 65.2 Å². The van der Waals surface area contributed by atoms with Crippen LogP contribution in [0.5, 0.6) is 0 Å². The predicted octanol–water partition coefficient (Wildman–Crippen LogP) is 4.81. The third kappa shape index (κ3) is 4.12. The predicted molar refractivity (Wildman–Crippen MR) is 110 cm³/mol. The summed E-state index contributed by atoms with van der Waals surface area (Å²) in [5.74, 6) is 0.592. The molecule has 2 heterocycles. The van der Waals surface area contributed by atoms with Crippen molar-refractivity contribution < 1.29 is 9.21 Å². The molecule has 4 rings (SSSR count). The monoisotopic (exact) mass is 393 g/mol. The molecule has 0 spiro atoms. The van der Waals surface area contributed by atoms with Gasteiger partial charge in [-0.05, 0) is 56.1 Å². The number of aryl methyl sites for hydroxylation is 2. The Morgan fingerprint density at radius 1 is 1.04 bits per heavy atom. The van der Waals surface area contributed by atoms with Crippen molar-refractivity contribution in [3.8, 4) is 11.5 Å². The Kier molecular flexibility index (Phi) is 5.48. The van der Waals surface area contributed by atoms with E-state index in [0.717, 1.165) is 48.2 Å². The lowest BCUT2D eigenvalue weighted by Crippen LogP contribution is -2.31. The third-order valence-corrected chi connectivity index (χ3v) is 5.91. The average Bonchev–Trinajstić information content (AvgIpc) is 3.38. The van der Waals surface area contributed by atoms with Crippen molar-refractivity contribution in [1.82, 2.24) is 15.1 Å². The number of carbonyl (C=O) groups is 1. The summed E-state index contributed by atoms with van der Waals surface area (Å²) in [6, 6.07) is 16.0. The fourth-order valence-corrected chi connectivity index (χ4v) is 4.52. The minimum Gasteiger partial charge on any atom is -0.411 e. The van der Waals surface area contributed by atoms with E-state index in [9.17, 15) is 4.79 Å². The Morgan fingerprint density at radius 2 is 1.71 bits per heavy atom. The van der Waals surface area contributed by atoms with Crippen LogP contribution in [0.25, 0.3) is 11.5 Å². The van der Waals surface area contributed by atoms with Crippen molar-refractivity contribution in [3.63, 3.8) is 0 Å². The number of thioether (sulfide) groups is 1. The molecule has 6 heteroatoms. The molecule has 0 radical (unpaired) electrons. The van der Waals surface area contributed by atoms with E-state index in [1.807, 2.05) is 61.2 Å². The van der Waals surface area contributed by atoms with Crippen molar-refractivity contribution in [2.45, 2.75) is 37.2 Å². The molecule has 0 N–H and O–H groups in total. The second kappa shape index (κ2) is 8.19. The Labute approximate surface area is 169 Å². The highest BCUT2D eigenvalue weighted by Crippen LogP contribution is 2.37. The molecule has 1 fully saturated rings. The first-order chi connectivity index (χ1) is 13.6. The molecule has 1 aliphatic heterocycles. The van der Waals surface area contributed by atoms with Gasteiger partial charge in [0.2, 0.25) is 11.8 Å². The summed E-state index contributed by atoms with van der Waals surface area (Å²) >= 11 is 1.33. The molecule has 1 atom stereocenters. The number of carbonyl (C=O) groups excluding carboxylic acids is 1. The molecule has 144 valence electrons. The lowest BCUT2D eigenvalue weighted by molar-refractivity contribution is -0.129. The van der Waals surface area contributed by atoms with Gasteiger partial charge < -0.3 is 9.32 Å². The van der Waals surface area contributed by atoms with Crippen molar-refractivity contribution >= 4 is 17.7 Å². The van der Waals surface area contributed by atoms with Gasteiger partial charge in [-0.3, -0.25) is 4.79 Å². The van der Waals surface area contributed by atoms with Gasteiger partial charge in [-0.1, -0.05) is 47.5 Å². The molecular weight excluding hydrogens is 370 g/mol. The number of amides is 1. The molecule has 1 aromatic heterocycles. The first-order valence-electron chi connectivity index (χ1n) is 9.53. The number of aromatic nitrogens is 2. The van der Waals surface area contributed by atoms with E-state index in [-0.39, 0.29) is 11.2 Å². The molecule has 2 aromatic carbocycles. The summed E-state index contributed by atoms with van der Waals surface area (Å²) in [4.78, 5) is 15.1. The lowest BCUT2D eigenvalue weighted by Gasteiger charge is -2.22. The first kappa shape index (κ1) is 18.7. The summed E-state index contributed by atoms with van der Waals surface area (Å²) in [5.41, 5.74) is 4.15. The zero-order valence-electron chi connectivity index (χ0n) is 16.1. The molecule has 1 aliphatic rings. The summed E-state index contributed by atoms with van der Waals surface area (Å²) in [6.45, 7) is 5.73. The normalized spacial score (nSPS) is 15.0. The topological polar surface area (TPSA) is 59.2 Å². The fraction of sp³-hybridized carbons (Fsp3) is 0.318. The van der Waals surface area contributed by atoms with Crippen molar-refractivity contribution in [2.24, 2.45) is 0 Å². The highest BCUT2D eigenvalue weighted by atomic mass is 32.2. The first-order valence-corrected chi connectivity index (χ1v) is 10.4. The third-order valence-electron chi connectivity index (χ3n) is 4.84. The van der Waals surface area contributed by atoms with Crippen LogP contribution in [0.15, 0.2) is 58.2 Å². The maximum Gasteiger partial charge on any atom is 0.277 e. The van der Waals surface area contributed by atoms with Crippen LogP contribution in [0.1, 0.15) is 34.8 Å². The van der Waals surface area contributed by atoms with E-state index in [0.29, 0.717) is 11.1 Å². The largest absolute Gasteiger partial charge is 0.411 e. The molecular formula is C22H23N3O2S. The summed E-state index contributed by atoms with van der Waals surface area (Å²) < 4.78 is 5.91. The minimum atomic E-state index is -0.383. The summed E-state index contributed by atoms with van der Waals surface area (Å²) in [7, 11) is 0. The summed E-state index contributed by atoms with van der Waals surface area (Å²) in [5, 5.41) is 8.44. The van der Waals surface area contributed by atoms with E-state index in [1.54, 1.807) is 0 Å². The molecule has 1 saturated heterocycles. The van der Waals surface area contributed by atoms with Crippen LogP contribution >= 0.6 is 11.8 Å². The molecule has 5 nitrogen and oxygen atoms in total. The Hall–Kier alpha value is -2.60. The fourth-order valence-electron chi connectivity index (χ4n) is 3.57. The number of benzene rings is 2. The maximum absolute atomic E-state index is 13.1. The van der Waals surface area contributed by atoms with Crippen LogP contribution in [-0.4, -0.2) is 34.1 Å². The van der Waals surface area contributed by atoms with Gasteiger partial charge in [0.25, 0.3) is 5.22 Å². The molecule has 3 aromatic rings. The zero-order chi connectivity index (χ0) is 19.5. The quantitative estimate of drug-likeness (QED) is 0.582. The lowest BCUT2D eigenvalue weighted by atomic mass is 10.1. The smallest absolute Gasteiger partial charge is 0.277 e. The average molecular weight is 394 g/mol. The maximum atomic E-state index is 13.1. The van der Waals surface area contributed by atoms with Crippen LogP contribution in [0.4, 0.5) is 0 Å². The van der Waals surface area contributed by atoms with Crippen LogP contribution in [0.3, 0.4) is 0 Å². The highest BCUT2D eigenvalue weighted by molar-refractivity contribution is 8.00. The minimum absolute atomic E-state index is 0.111. The van der Waals surface area contributed by atoms with E-state index < -0.39 is 0 Å². The molecule has 28 heavy (non-hydrogen) atoms. The molecule has 0 bridgehead atoms. The van der Waals surface area contributed by atoms with Gasteiger partial charge in [-0.2, -0.15) is 0 Å². The van der Waals surface area contributed by atoms with Gasteiger partial charge in [0.15, 0.2) is 0 Å². The van der Waals surface area contributed by atoms with Crippen LogP contribution < -0.4 is 0 Å². The number of hydrogen-bond donors (Lipinski definition) is 0. The van der Waals surface area contributed by atoms with Crippen molar-refractivity contribution in [1.29, 1.82) is 0 Å².